The molecule has 3 rings (SSSR count). The van der Waals surface area contributed by atoms with Gasteiger partial charge in [-0.05, 0) is 42.3 Å². The Bertz CT molecular complexity index is 1090. The quantitative estimate of drug-likeness (QED) is 0.554. The van der Waals surface area contributed by atoms with Gasteiger partial charge in [0.1, 0.15) is 0 Å². The maximum atomic E-state index is 12.4. The van der Waals surface area contributed by atoms with E-state index in [4.69, 9.17) is 0 Å². The fourth-order valence-corrected chi connectivity index (χ4v) is 3.49. The molecule has 0 atom stereocenters. The zero-order valence-corrected chi connectivity index (χ0v) is 18.0. The SMILES string of the molecule is O=C(CCCN1C(=O)c2ccc(Br)cc2C1=O)Nc1cccc(CNC(=O)C(F)(F)F)c1. The topological polar surface area (TPSA) is 95.6 Å². The monoisotopic (exact) mass is 511 g/mol. The van der Waals surface area contributed by atoms with E-state index in [1.807, 2.05) is 0 Å². The van der Waals surface area contributed by atoms with E-state index < -0.39 is 23.9 Å². The molecule has 0 aliphatic carbocycles. The summed E-state index contributed by atoms with van der Waals surface area (Å²) in [6, 6.07) is 10.8. The van der Waals surface area contributed by atoms with Crippen LogP contribution in [0.1, 0.15) is 39.1 Å². The second-order valence-corrected chi connectivity index (χ2v) is 7.90. The molecule has 11 heteroatoms. The molecular weight excluding hydrogens is 495 g/mol. The van der Waals surface area contributed by atoms with Crippen molar-refractivity contribution in [2.75, 3.05) is 11.9 Å². The second kappa shape index (κ2) is 9.51. The lowest BCUT2D eigenvalue weighted by atomic mass is 10.1. The van der Waals surface area contributed by atoms with Crippen LogP contribution >= 0.6 is 15.9 Å². The zero-order valence-electron chi connectivity index (χ0n) is 16.5. The van der Waals surface area contributed by atoms with Gasteiger partial charge >= 0.3 is 12.1 Å². The lowest BCUT2D eigenvalue weighted by Gasteiger charge is -2.13. The summed E-state index contributed by atoms with van der Waals surface area (Å²) in [6.07, 6.45) is -4.71. The lowest BCUT2D eigenvalue weighted by Crippen LogP contribution is -2.36. The summed E-state index contributed by atoms with van der Waals surface area (Å²) in [5, 5.41) is 4.36. The van der Waals surface area contributed by atoms with Gasteiger partial charge in [-0.2, -0.15) is 13.2 Å². The molecule has 0 saturated carbocycles. The fourth-order valence-electron chi connectivity index (χ4n) is 3.13. The molecule has 1 aliphatic heterocycles. The molecule has 0 bridgehead atoms. The van der Waals surface area contributed by atoms with Crippen LogP contribution in [0.15, 0.2) is 46.9 Å². The Morgan fingerprint density at radius 1 is 1.00 bits per heavy atom. The average Bonchev–Trinajstić information content (AvgIpc) is 2.95. The molecule has 0 saturated heterocycles. The first kappa shape index (κ1) is 23.5. The number of hydrogen-bond donors (Lipinski definition) is 2. The number of fused-ring (bicyclic) bond motifs is 1. The van der Waals surface area contributed by atoms with E-state index in [9.17, 15) is 32.3 Å². The highest BCUT2D eigenvalue weighted by Gasteiger charge is 2.38. The predicted molar refractivity (Wildman–Crippen MR) is 112 cm³/mol. The Morgan fingerprint density at radius 2 is 1.72 bits per heavy atom. The van der Waals surface area contributed by atoms with E-state index in [2.05, 4.69) is 21.2 Å². The molecule has 168 valence electrons. The number of carbonyl (C=O) groups is 4. The van der Waals surface area contributed by atoms with E-state index >= 15 is 0 Å². The van der Waals surface area contributed by atoms with Gasteiger partial charge in [-0.1, -0.05) is 28.1 Å². The van der Waals surface area contributed by atoms with Crippen LogP contribution < -0.4 is 10.6 Å². The molecule has 2 N–H and O–H groups in total. The Hall–Kier alpha value is -3.21. The summed E-state index contributed by atoms with van der Waals surface area (Å²) in [6.45, 7) is -0.279. The van der Waals surface area contributed by atoms with Crippen LogP contribution in [-0.2, 0) is 16.1 Å². The molecule has 0 radical (unpaired) electrons. The summed E-state index contributed by atoms with van der Waals surface area (Å²) < 4.78 is 37.5. The summed E-state index contributed by atoms with van der Waals surface area (Å²) in [4.78, 5) is 49.0. The van der Waals surface area contributed by atoms with Crippen LogP contribution in [-0.4, -0.2) is 41.2 Å². The minimum atomic E-state index is -4.97. The van der Waals surface area contributed by atoms with Gasteiger partial charge in [0.05, 0.1) is 11.1 Å². The Balaban J connectivity index is 1.49. The summed E-state index contributed by atoms with van der Waals surface area (Å²) in [5.41, 5.74) is 1.34. The molecule has 2 aromatic carbocycles. The highest BCUT2D eigenvalue weighted by atomic mass is 79.9. The molecule has 7 nitrogen and oxygen atoms in total. The highest BCUT2D eigenvalue weighted by Crippen LogP contribution is 2.26. The predicted octanol–water partition coefficient (Wildman–Crippen LogP) is 3.64. The molecule has 1 aliphatic rings. The summed E-state index contributed by atoms with van der Waals surface area (Å²) in [7, 11) is 0. The highest BCUT2D eigenvalue weighted by molar-refractivity contribution is 9.10. The molecular formula is C21H17BrF3N3O4. The first-order valence-corrected chi connectivity index (χ1v) is 10.2. The second-order valence-electron chi connectivity index (χ2n) is 6.98. The van der Waals surface area contributed by atoms with Crippen molar-refractivity contribution in [3.63, 3.8) is 0 Å². The van der Waals surface area contributed by atoms with Crippen LogP contribution in [0.2, 0.25) is 0 Å². The first-order valence-electron chi connectivity index (χ1n) is 9.46. The van der Waals surface area contributed by atoms with Gasteiger partial charge < -0.3 is 10.6 Å². The van der Waals surface area contributed by atoms with Gasteiger partial charge in [0, 0.05) is 29.7 Å². The number of anilines is 1. The van der Waals surface area contributed by atoms with Gasteiger partial charge in [0.15, 0.2) is 0 Å². The third-order valence-corrected chi connectivity index (χ3v) is 5.13. The number of imide groups is 1. The summed E-state index contributed by atoms with van der Waals surface area (Å²) >= 11 is 3.26. The molecule has 0 fully saturated rings. The van der Waals surface area contributed by atoms with Crippen LogP contribution in [0.3, 0.4) is 0 Å². The minimum absolute atomic E-state index is 0.0200. The Labute approximate surface area is 189 Å². The molecule has 2 aromatic rings. The minimum Gasteiger partial charge on any atom is -0.344 e. The third-order valence-electron chi connectivity index (χ3n) is 4.64. The Kier molecular flexibility index (Phi) is 6.97. The first-order chi connectivity index (χ1) is 15.1. The van der Waals surface area contributed by atoms with Crippen LogP contribution in [0.5, 0.6) is 0 Å². The van der Waals surface area contributed by atoms with Crippen LogP contribution in [0.25, 0.3) is 0 Å². The zero-order chi connectivity index (χ0) is 23.5. The number of halogens is 4. The molecule has 32 heavy (non-hydrogen) atoms. The molecule has 0 unspecified atom stereocenters. The number of alkyl halides is 3. The molecule has 4 amide bonds. The van der Waals surface area contributed by atoms with E-state index in [1.54, 1.807) is 29.6 Å². The molecule has 0 spiro atoms. The molecule has 1 heterocycles. The fraction of sp³-hybridized carbons (Fsp3) is 0.238. The normalized spacial score (nSPS) is 13.2. The van der Waals surface area contributed by atoms with Crippen molar-refractivity contribution in [2.24, 2.45) is 0 Å². The third kappa shape index (κ3) is 5.52. The maximum Gasteiger partial charge on any atom is 0.471 e. The van der Waals surface area contributed by atoms with Crippen LogP contribution in [0.4, 0.5) is 18.9 Å². The van der Waals surface area contributed by atoms with E-state index in [0.717, 1.165) is 4.90 Å². The van der Waals surface area contributed by atoms with Crippen molar-refractivity contribution in [2.45, 2.75) is 25.6 Å². The largest absolute Gasteiger partial charge is 0.471 e. The number of amides is 4. The van der Waals surface area contributed by atoms with Crippen molar-refractivity contribution in [1.29, 1.82) is 0 Å². The van der Waals surface area contributed by atoms with Crippen molar-refractivity contribution in [3.8, 4) is 0 Å². The number of nitrogens with zero attached hydrogens (tertiary/aromatic N) is 1. The van der Waals surface area contributed by atoms with Crippen LogP contribution in [0, 0.1) is 0 Å². The molecule has 0 aromatic heterocycles. The van der Waals surface area contributed by atoms with Crippen molar-refractivity contribution in [1.82, 2.24) is 10.2 Å². The van der Waals surface area contributed by atoms with E-state index in [-0.39, 0.29) is 31.8 Å². The Morgan fingerprint density at radius 3 is 2.44 bits per heavy atom. The van der Waals surface area contributed by atoms with Gasteiger partial charge in [-0.25, -0.2) is 0 Å². The number of hydrogen-bond acceptors (Lipinski definition) is 4. The van der Waals surface area contributed by atoms with Gasteiger partial charge in [0.2, 0.25) is 5.91 Å². The average molecular weight is 512 g/mol. The van der Waals surface area contributed by atoms with E-state index in [0.29, 0.717) is 26.9 Å². The number of benzene rings is 2. The van der Waals surface area contributed by atoms with Crippen molar-refractivity contribution < 1.29 is 32.3 Å². The van der Waals surface area contributed by atoms with E-state index in [1.165, 1.54) is 18.2 Å². The smallest absolute Gasteiger partial charge is 0.344 e. The van der Waals surface area contributed by atoms with Gasteiger partial charge in [-0.3, -0.25) is 24.1 Å². The van der Waals surface area contributed by atoms with Gasteiger partial charge in [0.25, 0.3) is 11.8 Å². The number of rotatable bonds is 7. The standard InChI is InChI=1S/C21H17BrF3N3O4/c22-13-6-7-15-16(10-13)19(31)28(18(15)30)8-2-5-17(29)27-14-4-1-3-12(9-14)11-26-20(32)21(23,24)25/h1,3-4,6-7,9-10H,2,5,8,11H2,(H,26,32)(H,27,29). The maximum absolute atomic E-state index is 12.4. The lowest BCUT2D eigenvalue weighted by molar-refractivity contribution is -0.173. The van der Waals surface area contributed by atoms with Crippen molar-refractivity contribution >= 4 is 45.2 Å². The summed E-state index contributed by atoms with van der Waals surface area (Å²) in [5.74, 6) is -3.26. The van der Waals surface area contributed by atoms with Gasteiger partial charge in [-0.15, -0.1) is 0 Å². The number of carbonyl (C=O) groups excluding carboxylic acids is 4. The number of nitrogens with one attached hydrogen (secondary N) is 2. The van der Waals surface area contributed by atoms with Crippen molar-refractivity contribution in [3.05, 3.63) is 63.6 Å².